The Labute approximate surface area is 163 Å². The van der Waals surface area contributed by atoms with Crippen LogP contribution in [0.15, 0.2) is 12.1 Å². The Kier molecular flexibility index (Phi) is 7.25. The maximum atomic E-state index is 12.7. The number of amides is 2. The lowest BCUT2D eigenvalue weighted by Gasteiger charge is -2.34. The summed E-state index contributed by atoms with van der Waals surface area (Å²) in [5.41, 5.74) is 9.67. The van der Waals surface area contributed by atoms with Crippen molar-refractivity contribution < 1.29 is 9.59 Å². The Morgan fingerprint density at radius 3 is 2.31 bits per heavy atom. The minimum atomic E-state index is -0.455. The van der Waals surface area contributed by atoms with Gasteiger partial charge in [0, 0.05) is 25.2 Å². The predicted molar refractivity (Wildman–Crippen MR) is 109 cm³/mol. The zero-order valence-electron chi connectivity index (χ0n) is 16.7. The minimum absolute atomic E-state index is 0. The molecule has 2 atom stereocenters. The van der Waals surface area contributed by atoms with Crippen molar-refractivity contribution in [1.82, 2.24) is 5.32 Å². The molecule has 0 bridgehead atoms. The largest absolute Gasteiger partial charge is 0.349 e. The van der Waals surface area contributed by atoms with Gasteiger partial charge < -0.3 is 16.0 Å². The van der Waals surface area contributed by atoms with Crippen LogP contribution in [-0.2, 0) is 9.59 Å². The van der Waals surface area contributed by atoms with Crippen LogP contribution in [0, 0.1) is 32.6 Å². The third-order valence-electron chi connectivity index (χ3n) is 5.51. The Balaban J connectivity index is 0.00000338. The van der Waals surface area contributed by atoms with Gasteiger partial charge in [0.15, 0.2) is 0 Å². The lowest BCUT2D eigenvalue weighted by molar-refractivity contribution is -0.128. The molecule has 1 saturated heterocycles. The Morgan fingerprint density at radius 2 is 1.85 bits per heavy atom. The molecular weight excluding hydrogens is 350 g/mol. The van der Waals surface area contributed by atoms with E-state index in [4.69, 9.17) is 5.73 Å². The van der Waals surface area contributed by atoms with E-state index < -0.39 is 5.54 Å². The van der Waals surface area contributed by atoms with Crippen molar-refractivity contribution in [2.24, 2.45) is 17.6 Å². The lowest BCUT2D eigenvalue weighted by Crippen LogP contribution is -2.56. The molecule has 2 amide bonds. The summed E-state index contributed by atoms with van der Waals surface area (Å²) in [6, 6.07) is 4.15. The van der Waals surface area contributed by atoms with Crippen molar-refractivity contribution in [2.75, 3.05) is 18.0 Å². The Morgan fingerprint density at radius 1 is 1.31 bits per heavy atom. The van der Waals surface area contributed by atoms with Crippen LogP contribution in [0.1, 0.15) is 43.9 Å². The standard InChI is InChI=1S/C20H31N3O2.ClH/c1-12(2)20(6,11-21)22-19(25)16-9-17(24)23(10-16)18-14(4)7-13(3)8-15(18)5;/h7-8,12,16H,9-11,21H2,1-6H3,(H,22,25);1H. The average molecular weight is 382 g/mol. The van der Waals surface area contributed by atoms with E-state index in [0.29, 0.717) is 13.1 Å². The van der Waals surface area contributed by atoms with Crippen molar-refractivity contribution in [2.45, 2.75) is 53.5 Å². The maximum Gasteiger partial charge on any atom is 0.227 e. The molecule has 6 heteroatoms. The fourth-order valence-corrected chi connectivity index (χ4v) is 3.51. The number of aryl methyl sites for hydroxylation is 3. The maximum absolute atomic E-state index is 12.7. The first kappa shape index (κ1) is 22.5. The number of hydrogen-bond acceptors (Lipinski definition) is 3. The smallest absolute Gasteiger partial charge is 0.227 e. The van der Waals surface area contributed by atoms with Crippen molar-refractivity contribution in [3.63, 3.8) is 0 Å². The Bertz CT molecular complexity index is 667. The van der Waals surface area contributed by atoms with E-state index >= 15 is 0 Å². The van der Waals surface area contributed by atoms with Gasteiger partial charge in [-0.3, -0.25) is 9.59 Å². The van der Waals surface area contributed by atoms with Gasteiger partial charge >= 0.3 is 0 Å². The van der Waals surface area contributed by atoms with Crippen LogP contribution in [0.4, 0.5) is 5.69 Å². The van der Waals surface area contributed by atoms with Gasteiger partial charge in [0.25, 0.3) is 0 Å². The molecule has 1 heterocycles. The van der Waals surface area contributed by atoms with Gasteiger partial charge in [0.05, 0.1) is 11.5 Å². The molecule has 1 fully saturated rings. The molecule has 0 radical (unpaired) electrons. The van der Waals surface area contributed by atoms with E-state index in [1.165, 1.54) is 5.56 Å². The predicted octanol–water partition coefficient (Wildman–Crippen LogP) is 2.88. The van der Waals surface area contributed by atoms with Crippen LogP contribution in [0.3, 0.4) is 0 Å². The van der Waals surface area contributed by atoms with Gasteiger partial charge in [-0.15, -0.1) is 12.4 Å². The third-order valence-corrected chi connectivity index (χ3v) is 5.51. The molecule has 1 aliphatic rings. The average Bonchev–Trinajstić information content (AvgIpc) is 2.88. The van der Waals surface area contributed by atoms with Crippen LogP contribution in [-0.4, -0.2) is 30.4 Å². The highest BCUT2D eigenvalue weighted by Gasteiger charge is 2.39. The number of benzene rings is 1. The molecule has 1 aliphatic heterocycles. The lowest BCUT2D eigenvalue weighted by atomic mass is 9.87. The number of nitrogens with zero attached hydrogens (tertiary/aromatic N) is 1. The van der Waals surface area contributed by atoms with E-state index in [1.807, 2.05) is 41.5 Å². The molecule has 0 saturated carbocycles. The van der Waals surface area contributed by atoms with Crippen molar-refractivity contribution >= 4 is 29.9 Å². The zero-order chi connectivity index (χ0) is 18.9. The molecule has 146 valence electrons. The van der Waals surface area contributed by atoms with Crippen LogP contribution in [0.2, 0.25) is 0 Å². The third kappa shape index (κ3) is 4.38. The molecule has 26 heavy (non-hydrogen) atoms. The number of rotatable bonds is 5. The second kappa shape index (κ2) is 8.40. The normalized spacial score (nSPS) is 19.3. The van der Waals surface area contributed by atoms with Crippen LogP contribution in [0.5, 0.6) is 0 Å². The number of halogens is 1. The summed E-state index contributed by atoms with van der Waals surface area (Å²) in [6.45, 7) is 12.9. The molecule has 1 aromatic carbocycles. The summed E-state index contributed by atoms with van der Waals surface area (Å²) in [7, 11) is 0. The second-order valence-electron chi connectivity index (χ2n) is 7.92. The van der Waals surface area contributed by atoms with Crippen molar-refractivity contribution in [3.05, 3.63) is 28.8 Å². The highest BCUT2D eigenvalue weighted by atomic mass is 35.5. The second-order valence-corrected chi connectivity index (χ2v) is 7.92. The number of nitrogens with one attached hydrogen (secondary N) is 1. The summed E-state index contributed by atoms with van der Waals surface area (Å²) in [6.07, 6.45) is 0.247. The van der Waals surface area contributed by atoms with E-state index in [2.05, 4.69) is 17.4 Å². The van der Waals surface area contributed by atoms with Gasteiger partial charge in [0.2, 0.25) is 11.8 Å². The molecule has 5 nitrogen and oxygen atoms in total. The van der Waals surface area contributed by atoms with Gasteiger partial charge in [-0.05, 0) is 44.7 Å². The number of nitrogens with two attached hydrogens (primary N) is 1. The first-order chi connectivity index (χ1) is 11.6. The van der Waals surface area contributed by atoms with Crippen molar-refractivity contribution in [1.29, 1.82) is 0 Å². The van der Waals surface area contributed by atoms with Crippen LogP contribution >= 0.6 is 12.4 Å². The summed E-state index contributed by atoms with van der Waals surface area (Å²) < 4.78 is 0. The van der Waals surface area contributed by atoms with Crippen molar-refractivity contribution in [3.8, 4) is 0 Å². The van der Waals surface area contributed by atoms with Gasteiger partial charge in [-0.1, -0.05) is 31.5 Å². The number of carbonyl (C=O) groups is 2. The summed E-state index contributed by atoms with van der Waals surface area (Å²) in [4.78, 5) is 27.1. The minimum Gasteiger partial charge on any atom is -0.349 e. The molecule has 1 aromatic rings. The quantitative estimate of drug-likeness (QED) is 0.823. The fourth-order valence-electron chi connectivity index (χ4n) is 3.51. The summed E-state index contributed by atoms with van der Waals surface area (Å²) in [5.74, 6) is -0.192. The molecule has 2 rings (SSSR count). The Hall–Kier alpha value is -1.59. The summed E-state index contributed by atoms with van der Waals surface area (Å²) >= 11 is 0. The van der Waals surface area contributed by atoms with E-state index in [0.717, 1.165) is 16.8 Å². The molecule has 2 unspecified atom stereocenters. The zero-order valence-corrected chi connectivity index (χ0v) is 17.5. The van der Waals surface area contributed by atoms with Gasteiger partial charge in [-0.25, -0.2) is 0 Å². The van der Waals surface area contributed by atoms with Crippen LogP contribution in [0.25, 0.3) is 0 Å². The number of anilines is 1. The molecule has 0 spiro atoms. The van der Waals surface area contributed by atoms with E-state index in [-0.39, 0.29) is 42.5 Å². The van der Waals surface area contributed by atoms with E-state index in [1.54, 1.807) is 4.90 Å². The van der Waals surface area contributed by atoms with Gasteiger partial charge in [-0.2, -0.15) is 0 Å². The van der Waals surface area contributed by atoms with Crippen LogP contribution < -0.4 is 16.0 Å². The molecule has 0 aromatic heterocycles. The molecule has 3 N–H and O–H groups in total. The molecular formula is C20H32ClN3O2. The number of hydrogen-bond donors (Lipinski definition) is 2. The molecule has 0 aliphatic carbocycles. The van der Waals surface area contributed by atoms with Gasteiger partial charge in [0.1, 0.15) is 0 Å². The first-order valence-electron chi connectivity index (χ1n) is 8.99. The van der Waals surface area contributed by atoms with E-state index in [9.17, 15) is 9.59 Å². The highest BCUT2D eigenvalue weighted by molar-refractivity contribution is 6.01. The highest BCUT2D eigenvalue weighted by Crippen LogP contribution is 2.32. The summed E-state index contributed by atoms with van der Waals surface area (Å²) in [5, 5.41) is 3.07. The fraction of sp³-hybridized carbons (Fsp3) is 0.600. The monoisotopic (exact) mass is 381 g/mol. The SMILES string of the molecule is Cc1cc(C)c(N2CC(C(=O)NC(C)(CN)C(C)C)CC2=O)c(C)c1.Cl. The topological polar surface area (TPSA) is 75.4 Å². The number of carbonyl (C=O) groups excluding carboxylic acids is 2. The first-order valence-corrected chi connectivity index (χ1v) is 8.99.